The Labute approximate surface area is 217 Å². The van der Waals surface area contributed by atoms with Crippen LogP contribution in [0.4, 0.5) is 0 Å². The van der Waals surface area contributed by atoms with Gasteiger partial charge in [-0.15, -0.1) is 0 Å². The van der Waals surface area contributed by atoms with Crippen LogP contribution in [0.1, 0.15) is 55.1 Å². The zero-order chi connectivity index (χ0) is 26.4. The summed E-state index contributed by atoms with van der Waals surface area (Å²) in [5.74, 6) is -0.466. The van der Waals surface area contributed by atoms with Gasteiger partial charge in [0.05, 0.1) is 24.9 Å². The number of carbonyl (C=O) groups excluding carboxylic acids is 1. The first-order valence-electron chi connectivity index (χ1n) is 11.9. The molecule has 36 heavy (non-hydrogen) atoms. The van der Waals surface area contributed by atoms with E-state index >= 15 is 0 Å². The van der Waals surface area contributed by atoms with Crippen LogP contribution in [0.15, 0.2) is 36.5 Å². The molecular weight excluding hydrogens is 476 g/mol. The summed E-state index contributed by atoms with van der Waals surface area (Å²) >= 11 is 6.24. The lowest BCUT2D eigenvalue weighted by molar-refractivity contribution is -0.164. The number of esters is 1. The molecule has 0 fully saturated rings. The third-order valence-electron chi connectivity index (χ3n) is 6.36. The van der Waals surface area contributed by atoms with E-state index in [1.807, 2.05) is 71.3 Å². The van der Waals surface area contributed by atoms with Gasteiger partial charge >= 0.3 is 5.97 Å². The second-order valence-electron chi connectivity index (χ2n) is 10.1. The van der Waals surface area contributed by atoms with Gasteiger partial charge in [0.25, 0.3) is 0 Å². The lowest BCUT2D eigenvalue weighted by Gasteiger charge is -2.28. The van der Waals surface area contributed by atoms with Gasteiger partial charge in [0.15, 0.2) is 6.10 Å². The zero-order valence-corrected chi connectivity index (χ0v) is 22.9. The Bertz CT molecular complexity index is 1430. The molecule has 0 radical (unpaired) electrons. The number of benzene rings is 1. The molecule has 4 rings (SSSR count). The van der Waals surface area contributed by atoms with Gasteiger partial charge in [-0.25, -0.2) is 9.78 Å². The maximum absolute atomic E-state index is 13.1. The van der Waals surface area contributed by atoms with Gasteiger partial charge in [0.2, 0.25) is 0 Å². The number of fused-ring (bicyclic) bond motifs is 1. The van der Waals surface area contributed by atoms with Gasteiger partial charge in [-0.3, -0.25) is 4.68 Å². The SMILES string of the molecule is COC(=O)C(OC(C)(C)C)c1c(C)nc2c(c(C)c(C)n2Cc2ccn(C)n2)c1-c1ccc(Cl)cc1. The molecule has 0 amide bonds. The minimum atomic E-state index is -0.948. The largest absolute Gasteiger partial charge is 0.467 e. The first kappa shape index (κ1) is 25.9. The molecule has 0 bridgehead atoms. The molecule has 1 atom stereocenters. The van der Waals surface area contributed by atoms with E-state index in [0.717, 1.165) is 39.1 Å². The summed E-state index contributed by atoms with van der Waals surface area (Å²) in [6.45, 7) is 12.4. The van der Waals surface area contributed by atoms with Crippen molar-refractivity contribution in [2.75, 3.05) is 7.11 Å². The Balaban J connectivity index is 2.08. The Morgan fingerprint density at radius 1 is 1.11 bits per heavy atom. The van der Waals surface area contributed by atoms with Gasteiger partial charge in [-0.1, -0.05) is 23.7 Å². The molecule has 8 heteroatoms. The normalized spacial score (nSPS) is 12.8. The average Bonchev–Trinajstić information content (AvgIpc) is 3.32. The van der Waals surface area contributed by atoms with Crippen LogP contribution < -0.4 is 0 Å². The minimum Gasteiger partial charge on any atom is -0.467 e. The van der Waals surface area contributed by atoms with Crippen molar-refractivity contribution in [3.63, 3.8) is 0 Å². The fourth-order valence-corrected chi connectivity index (χ4v) is 4.75. The highest BCUT2D eigenvalue weighted by Crippen LogP contribution is 2.42. The predicted molar refractivity (Wildman–Crippen MR) is 142 cm³/mol. The maximum atomic E-state index is 13.1. The van der Waals surface area contributed by atoms with Crippen LogP contribution in [0, 0.1) is 20.8 Å². The van der Waals surface area contributed by atoms with E-state index < -0.39 is 17.7 Å². The Morgan fingerprint density at radius 3 is 2.33 bits per heavy atom. The highest BCUT2D eigenvalue weighted by Gasteiger charge is 2.34. The quantitative estimate of drug-likeness (QED) is 0.294. The van der Waals surface area contributed by atoms with Crippen molar-refractivity contribution < 1.29 is 14.3 Å². The minimum absolute atomic E-state index is 0.466. The second kappa shape index (κ2) is 9.71. The van der Waals surface area contributed by atoms with Gasteiger partial charge in [-0.05, 0) is 70.9 Å². The van der Waals surface area contributed by atoms with Crippen molar-refractivity contribution in [3.05, 3.63) is 69.8 Å². The van der Waals surface area contributed by atoms with Crippen molar-refractivity contribution in [2.45, 2.75) is 59.8 Å². The van der Waals surface area contributed by atoms with Crippen molar-refractivity contribution in [2.24, 2.45) is 7.05 Å². The first-order valence-corrected chi connectivity index (χ1v) is 12.3. The molecule has 0 saturated heterocycles. The molecule has 0 aliphatic rings. The van der Waals surface area contributed by atoms with Crippen LogP contribution in [0.25, 0.3) is 22.2 Å². The number of methoxy groups -OCH3 is 1. The average molecular weight is 509 g/mol. The molecule has 7 nitrogen and oxygen atoms in total. The number of nitrogens with zero attached hydrogens (tertiary/aromatic N) is 4. The summed E-state index contributed by atoms with van der Waals surface area (Å²) in [5, 5.41) is 6.18. The molecule has 4 aromatic rings. The van der Waals surface area contributed by atoms with Crippen molar-refractivity contribution in [1.82, 2.24) is 19.3 Å². The zero-order valence-electron chi connectivity index (χ0n) is 22.1. The monoisotopic (exact) mass is 508 g/mol. The number of hydrogen-bond donors (Lipinski definition) is 0. The summed E-state index contributed by atoms with van der Waals surface area (Å²) < 4.78 is 15.5. The number of aryl methyl sites for hydroxylation is 3. The smallest absolute Gasteiger partial charge is 0.339 e. The maximum Gasteiger partial charge on any atom is 0.339 e. The van der Waals surface area contributed by atoms with E-state index in [-0.39, 0.29) is 0 Å². The summed E-state index contributed by atoms with van der Waals surface area (Å²) in [7, 11) is 3.29. The van der Waals surface area contributed by atoms with E-state index in [4.69, 9.17) is 26.1 Å². The molecule has 190 valence electrons. The third kappa shape index (κ3) is 4.90. The van der Waals surface area contributed by atoms with Crippen molar-refractivity contribution in [1.29, 1.82) is 0 Å². The van der Waals surface area contributed by atoms with Crippen LogP contribution in [0.3, 0.4) is 0 Å². The number of pyridine rings is 1. The molecule has 0 aliphatic heterocycles. The number of rotatable bonds is 6. The summed E-state index contributed by atoms with van der Waals surface area (Å²) in [6, 6.07) is 9.65. The number of carbonyl (C=O) groups is 1. The molecule has 0 spiro atoms. The van der Waals surface area contributed by atoms with E-state index in [0.29, 0.717) is 22.8 Å². The van der Waals surface area contributed by atoms with E-state index in [1.54, 1.807) is 4.68 Å². The van der Waals surface area contributed by atoms with E-state index in [2.05, 4.69) is 23.5 Å². The first-order chi connectivity index (χ1) is 16.9. The van der Waals surface area contributed by atoms with Gasteiger partial charge in [0.1, 0.15) is 5.65 Å². The van der Waals surface area contributed by atoms with Gasteiger partial charge in [-0.2, -0.15) is 5.10 Å². The molecule has 3 aromatic heterocycles. The topological polar surface area (TPSA) is 71.2 Å². The highest BCUT2D eigenvalue weighted by molar-refractivity contribution is 6.30. The Hall–Kier alpha value is -3.16. The molecule has 3 heterocycles. The molecule has 1 aromatic carbocycles. The lowest BCUT2D eigenvalue weighted by Crippen LogP contribution is -2.29. The van der Waals surface area contributed by atoms with Crippen LogP contribution >= 0.6 is 11.6 Å². The lowest BCUT2D eigenvalue weighted by atomic mass is 9.91. The van der Waals surface area contributed by atoms with Crippen LogP contribution in [0.5, 0.6) is 0 Å². The molecule has 1 unspecified atom stereocenters. The van der Waals surface area contributed by atoms with E-state index in [1.165, 1.54) is 7.11 Å². The molecular formula is C28H33ClN4O3. The standard InChI is InChI=1S/C28H33ClN4O3/c1-16-18(3)33(15-21-13-14-32(7)31-21)26-22(16)24(19-9-11-20(29)12-10-19)23(17(2)30-26)25(27(34)35-8)36-28(4,5)6/h9-14,25H,15H2,1-8H3. The van der Waals surface area contributed by atoms with Crippen molar-refractivity contribution in [3.8, 4) is 11.1 Å². The van der Waals surface area contributed by atoms with Crippen molar-refractivity contribution >= 4 is 28.6 Å². The second-order valence-corrected chi connectivity index (χ2v) is 10.5. The number of halogens is 1. The summed E-state index contributed by atoms with van der Waals surface area (Å²) in [6.07, 6.45) is 0.987. The van der Waals surface area contributed by atoms with Gasteiger partial charge in [0, 0.05) is 46.2 Å². The van der Waals surface area contributed by atoms with Gasteiger partial charge < -0.3 is 14.0 Å². The Morgan fingerprint density at radius 2 is 1.78 bits per heavy atom. The molecule has 0 saturated carbocycles. The Kier molecular flexibility index (Phi) is 6.99. The van der Waals surface area contributed by atoms with Crippen LogP contribution in [-0.2, 0) is 27.9 Å². The fraction of sp³-hybridized carbons (Fsp3) is 0.393. The third-order valence-corrected chi connectivity index (χ3v) is 6.61. The molecule has 0 N–H and O–H groups in total. The summed E-state index contributed by atoms with van der Waals surface area (Å²) in [4.78, 5) is 18.2. The fourth-order valence-electron chi connectivity index (χ4n) is 4.62. The number of ether oxygens (including phenoxy) is 2. The molecule has 0 aliphatic carbocycles. The van der Waals surface area contributed by atoms with E-state index in [9.17, 15) is 4.79 Å². The predicted octanol–water partition coefficient (Wildman–Crippen LogP) is 6.09. The van der Waals surface area contributed by atoms with Crippen LogP contribution in [-0.4, -0.2) is 38.0 Å². The van der Waals surface area contributed by atoms with Crippen LogP contribution in [0.2, 0.25) is 5.02 Å². The highest BCUT2D eigenvalue weighted by atomic mass is 35.5. The number of aromatic nitrogens is 4. The number of hydrogen-bond acceptors (Lipinski definition) is 5. The summed E-state index contributed by atoms with van der Waals surface area (Å²) in [5.41, 5.74) is 6.58.